The first-order chi connectivity index (χ1) is 15.4. The Morgan fingerprint density at radius 1 is 1.00 bits per heavy atom. The fraction of sp³-hybridized carbons (Fsp3) is 0.462. The average molecular weight is 439 g/mol. The van der Waals surface area contributed by atoms with Crippen LogP contribution in [0.25, 0.3) is 0 Å². The van der Waals surface area contributed by atoms with Crippen molar-refractivity contribution in [1.29, 1.82) is 0 Å². The third kappa shape index (κ3) is 4.50. The Kier molecular flexibility index (Phi) is 6.49. The summed E-state index contributed by atoms with van der Waals surface area (Å²) in [5.74, 6) is 0.939. The summed E-state index contributed by atoms with van der Waals surface area (Å²) in [6, 6.07) is 13.0. The second-order valence-corrected chi connectivity index (χ2v) is 9.29. The van der Waals surface area contributed by atoms with E-state index in [1.54, 1.807) is 24.1 Å². The van der Waals surface area contributed by atoms with E-state index in [0.717, 1.165) is 25.1 Å². The van der Waals surface area contributed by atoms with Crippen molar-refractivity contribution in [3.63, 3.8) is 0 Å². The summed E-state index contributed by atoms with van der Waals surface area (Å²) in [4.78, 5) is 30.6. The fourth-order valence-corrected chi connectivity index (χ4v) is 5.32. The number of carbonyl (C=O) groups excluding carboxylic acids is 2. The third-order valence-corrected chi connectivity index (χ3v) is 6.66. The standard InChI is InChI=1S/C26H31FN2O3/c1-17-14-18(2)16-28(15-17)26(31)23-12-13-24(30)29(21-8-10-22(32-3)11-9-21)25(23)19-4-6-20(27)7-5-19/h4-11,17-18,23,25H,12-16H2,1-3H3/t17-,18-,23+,25-/m1/s1. The van der Waals surface area contributed by atoms with E-state index >= 15 is 0 Å². The summed E-state index contributed by atoms with van der Waals surface area (Å²) < 4.78 is 19.0. The number of hydrogen-bond donors (Lipinski definition) is 0. The zero-order valence-corrected chi connectivity index (χ0v) is 19.0. The van der Waals surface area contributed by atoms with Crippen LogP contribution in [0, 0.1) is 23.6 Å². The lowest BCUT2D eigenvalue weighted by molar-refractivity contribution is -0.141. The average Bonchev–Trinajstić information content (AvgIpc) is 2.78. The molecule has 0 aliphatic carbocycles. The summed E-state index contributed by atoms with van der Waals surface area (Å²) >= 11 is 0. The molecule has 6 heteroatoms. The van der Waals surface area contributed by atoms with Crippen LogP contribution in [-0.4, -0.2) is 36.9 Å². The number of amides is 2. The molecule has 32 heavy (non-hydrogen) atoms. The van der Waals surface area contributed by atoms with E-state index in [4.69, 9.17) is 4.74 Å². The summed E-state index contributed by atoms with van der Waals surface area (Å²) in [7, 11) is 1.59. The van der Waals surface area contributed by atoms with Crippen molar-refractivity contribution in [1.82, 2.24) is 4.90 Å². The number of benzene rings is 2. The number of anilines is 1. The van der Waals surface area contributed by atoms with Gasteiger partial charge in [-0.15, -0.1) is 0 Å². The molecule has 2 aromatic carbocycles. The first kappa shape index (κ1) is 22.3. The maximum absolute atomic E-state index is 13.8. The van der Waals surface area contributed by atoms with Gasteiger partial charge in [0.15, 0.2) is 0 Å². The zero-order valence-electron chi connectivity index (χ0n) is 19.0. The maximum atomic E-state index is 13.8. The largest absolute Gasteiger partial charge is 0.497 e. The highest BCUT2D eigenvalue weighted by molar-refractivity contribution is 5.97. The van der Waals surface area contributed by atoms with Gasteiger partial charge in [0, 0.05) is 25.2 Å². The van der Waals surface area contributed by atoms with E-state index in [2.05, 4.69) is 13.8 Å². The lowest BCUT2D eigenvalue weighted by atomic mass is 9.81. The normalized spacial score (nSPS) is 26.2. The van der Waals surface area contributed by atoms with E-state index in [1.807, 2.05) is 29.2 Å². The van der Waals surface area contributed by atoms with Crippen molar-refractivity contribution in [2.45, 2.75) is 39.2 Å². The minimum Gasteiger partial charge on any atom is -0.497 e. The Morgan fingerprint density at radius 2 is 1.62 bits per heavy atom. The van der Waals surface area contributed by atoms with Crippen LogP contribution in [0.1, 0.15) is 44.7 Å². The van der Waals surface area contributed by atoms with Crippen molar-refractivity contribution in [2.24, 2.45) is 17.8 Å². The predicted octanol–water partition coefficient (Wildman–Crippen LogP) is 4.82. The molecular formula is C26H31FN2O3. The molecule has 2 heterocycles. The molecule has 4 atom stereocenters. The van der Waals surface area contributed by atoms with Gasteiger partial charge in [-0.25, -0.2) is 4.39 Å². The Hall–Kier alpha value is -2.89. The molecule has 0 spiro atoms. The number of piperidine rings is 2. The van der Waals surface area contributed by atoms with E-state index in [-0.39, 0.29) is 23.5 Å². The van der Waals surface area contributed by atoms with Crippen molar-refractivity contribution in [3.05, 3.63) is 59.9 Å². The highest BCUT2D eigenvalue weighted by Gasteiger charge is 2.43. The molecule has 0 aromatic heterocycles. The number of ether oxygens (including phenoxy) is 1. The number of likely N-dealkylation sites (tertiary alicyclic amines) is 1. The minimum atomic E-state index is -0.481. The molecule has 4 rings (SSSR count). The summed E-state index contributed by atoms with van der Waals surface area (Å²) in [6.45, 7) is 5.85. The maximum Gasteiger partial charge on any atom is 0.228 e. The Bertz CT molecular complexity index is 950. The second kappa shape index (κ2) is 9.31. The third-order valence-electron chi connectivity index (χ3n) is 6.66. The van der Waals surface area contributed by atoms with Crippen LogP contribution in [0.5, 0.6) is 5.75 Å². The molecule has 2 amide bonds. The number of methoxy groups -OCH3 is 1. The molecule has 0 N–H and O–H groups in total. The predicted molar refractivity (Wildman–Crippen MR) is 122 cm³/mol. The molecule has 2 fully saturated rings. The molecule has 2 aliphatic heterocycles. The van der Waals surface area contributed by atoms with Crippen LogP contribution in [0.3, 0.4) is 0 Å². The molecule has 2 aromatic rings. The monoisotopic (exact) mass is 438 g/mol. The van der Waals surface area contributed by atoms with Gasteiger partial charge in [0.05, 0.1) is 19.1 Å². The number of hydrogen-bond acceptors (Lipinski definition) is 3. The quantitative estimate of drug-likeness (QED) is 0.688. The SMILES string of the molecule is COc1ccc(N2C(=O)CC[C@H](C(=O)N3C[C@H](C)C[C@@H](C)C3)[C@H]2c2ccc(F)cc2)cc1. The highest BCUT2D eigenvalue weighted by Crippen LogP contribution is 2.41. The summed E-state index contributed by atoms with van der Waals surface area (Å²) in [6.07, 6.45) is 1.91. The number of rotatable bonds is 4. The topological polar surface area (TPSA) is 49.9 Å². The first-order valence-electron chi connectivity index (χ1n) is 11.4. The number of carbonyl (C=O) groups is 2. The Labute approximate surface area is 189 Å². The van der Waals surface area contributed by atoms with E-state index in [9.17, 15) is 14.0 Å². The van der Waals surface area contributed by atoms with Gasteiger partial charge in [0.2, 0.25) is 11.8 Å². The van der Waals surface area contributed by atoms with Gasteiger partial charge < -0.3 is 14.5 Å². The first-order valence-corrected chi connectivity index (χ1v) is 11.4. The molecule has 170 valence electrons. The fourth-order valence-electron chi connectivity index (χ4n) is 5.32. The molecule has 2 aliphatic rings. The number of nitrogens with zero attached hydrogens (tertiary/aromatic N) is 2. The lowest BCUT2D eigenvalue weighted by Gasteiger charge is -2.44. The van der Waals surface area contributed by atoms with Gasteiger partial charge in [-0.05, 0) is 66.6 Å². The summed E-state index contributed by atoms with van der Waals surface area (Å²) in [5.41, 5.74) is 1.48. The van der Waals surface area contributed by atoms with Gasteiger partial charge in [-0.1, -0.05) is 26.0 Å². The van der Waals surface area contributed by atoms with Crippen LogP contribution in [0.4, 0.5) is 10.1 Å². The molecule has 0 saturated carbocycles. The van der Waals surface area contributed by atoms with Crippen molar-refractivity contribution in [3.8, 4) is 5.75 Å². The van der Waals surface area contributed by atoms with Crippen molar-refractivity contribution in [2.75, 3.05) is 25.1 Å². The lowest BCUT2D eigenvalue weighted by Crippen LogP contribution is -2.52. The Morgan fingerprint density at radius 3 is 2.22 bits per heavy atom. The van der Waals surface area contributed by atoms with E-state index in [0.29, 0.717) is 36.1 Å². The van der Waals surface area contributed by atoms with Gasteiger partial charge >= 0.3 is 0 Å². The zero-order chi connectivity index (χ0) is 22.8. The summed E-state index contributed by atoms with van der Waals surface area (Å²) in [5, 5.41) is 0. The minimum absolute atomic E-state index is 0.0334. The highest BCUT2D eigenvalue weighted by atomic mass is 19.1. The van der Waals surface area contributed by atoms with Crippen molar-refractivity contribution >= 4 is 17.5 Å². The second-order valence-electron chi connectivity index (χ2n) is 9.29. The van der Waals surface area contributed by atoms with Crippen LogP contribution < -0.4 is 9.64 Å². The van der Waals surface area contributed by atoms with Crippen molar-refractivity contribution < 1.29 is 18.7 Å². The van der Waals surface area contributed by atoms with E-state index in [1.165, 1.54) is 12.1 Å². The van der Waals surface area contributed by atoms with Gasteiger partial charge in [0.1, 0.15) is 11.6 Å². The van der Waals surface area contributed by atoms with Gasteiger partial charge in [0.25, 0.3) is 0 Å². The van der Waals surface area contributed by atoms with Crippen LogP contribution in [-0.2, 0) is 9.59 Å². The molecule has 5 nitrogen and oxygen atoms in total. The van der Waals surface area contributed by atoms with Gasteiger partial charge in [-0.3, -0.25) is 9.59 Å². The molecule has 0 bridgehead atoms. The van der Waals surface area contributed by atoms with Crippen LogP contribution in [0.2, 0.25) is 0 Å². The Balaban J connectivity index is 1.73. The molecular weight excluding hydrogens is 407 g/mol. The molecule has 0 unspecified atom stereocenters. The molecule has 2 saturated heterocycles. The number of halogens is 1. The van der Waals surface area contributed by atoms with Gasteiger partial charge in [-0.2, -0.15) is 0 Å². The van der Waals surface area contributed by atoms with E-state index < -0.39 is 6.04 Å². The smallest absolute Gasteiger partial charge is 0.228 e. The molecule has 0 radical (unpaired) electrons. The van der Waals surface area contributed by atoms with Crippen LogP contribution in [0.15, 0.2) is 48.5 Å². The van der Waals surface area contributed by atoms with Crippen LogP contribution >= 0.6 is 0 Å².